The van der Waals surface area contributed by atoms with Gasteiger partial charge in [0, 0.05) is 13.0 Å². The molecule has 1 aliphatic heterocycles. The molecule has 3 nitrogen and oxygen atoms in total. The minimum Gasteiger partial charge on any atom is -0.378 e. The van der Waals surface area contributed by atoms with Crippen molar-refractivity contribution in [2.75, 3.05) is 19.7 Å². The zero-order valence-electron chi connectivity index (χ0n) is 11.8. The summed E-state index contributed by atoms with van der Waals surface area (Å²) in [6.45, 7) is 11.0. The van der Waals surface area contributed by atoms with E-state index in [2.05, 4.69) is 18.7 Å². The van der Waals surface area contributed by atoms with Crippen molar-refractivity contribution in [1.82, 2.24) is 4.90 Å². The van der Waals surface area contributed by atoms with Crippen LogP contribution in [0.3, 0.4) is 0 Å². The SMILES string of the molecule is CCN(CC)C(C)(C)C(=O)CCC1CCCO1. The normalized spacial score (nSPS) is 21.1. The lowest BCUT2D eigenvalue weighted by Gasteiger charge is -2.36. The summed E-state index contributed by atoms with van der Waals surface area (Å²) >= 11 is 0. The van der Waals surface area contributed by atoms with Gasteiger partial charge >= 0.3 is 0 Å². The van der Waals surface area contributed by atoms with Crippen molar-refractivity contribution in [1.29, 1.82) is 0 Å². The molecule has 1 rings (SSSR count). The second-order valence-corrected chi connectivity index (χ2v) is 5.33. The van der Waals surface area contributed by atoms with E-state index < -0.39 is 0 Å². The minimum absolute atomic E-state index is 0.325. The van der Waals surface area contributed by atoms with E-state index in [-0.39, 0.29) is 5.54 Å². The first kappa shape index (κ1) is 14.7. The molecule has 1 heterocycles. The molecule has 0 N–H and O–H groups in total. The Kier molecular flexibility index (Phi) is 5.60. The molecular formula is C14H27NO2. The highest BCUT2D eigenvalue weighted by molar-refractivity contribution is 5.87. The van der Waals surface area contributed by atoms with E-state index in [4.69, 9.17) is 4.74 Å². The second-order valence-electron chi connectivity index (χ2n) is 5.33. The molecule has 0 amide bonds. The summed E-state index contributed by atoms with van der Waals surface area (Å²) in [4.78, 5) is 14.5. The third-order valence-corrected chi connectivity index (χ3v) is 3.95. The Labute approximate surface area is 106 Å². The molecule has 1 aliphatic rings. The van der Waals surface area contributed by atoms with E-state index in [0.717, 1.165) is 39.0 Å². The van der Waals surface area contributed by atoms with Crippen LogP contribution >= 0.6 is 0 Å². The summed E-state index contributed by atoms with van der Waals surface area (Å²) in [6.07, 6.45) is 4.14. The fourth-order valence-electron chi connectivity index (χ4n) is 2.66. The van der Waals surface area contributed by atoms with Gasteiger partial charge in [0.2, 0.25) is 0 Å². The summed E-state index contributed by atoms with van der Waals surface area (Å²) < 4.78 is 5.56. The maximum Gasteiger partial charge on any atom is 0.152 e. The van der Waals surface area contributed by atoms with Gasteiger partial charge < -0.3 is 4.74 Å². The van der Waals surface area contributed by atoms with Crippen LogP contribution in [0.2, 0.25) is 0 Å². The fourth-order valence-corrected chi connectivity index (χ4v) is 2.66. The first-order valence-electron chi connectivity index (χ1n) is 6.92. The Hall–Kier alpha value is -0.410. The highest BCUT2D eigenvalue weighted by Gasteiger charge is 2.32. The predicted molar refractivity (Wildman–Crippen MR) is 70.2 cm³/mol. The van der Waals surface area contributed by atoms with Crippen molar-refractivity contribution in [3.05, 3.63) is 0 Å². The number of Topliss-reactive ketones (excluding diaryl/α,β-unsaturated/α-hetero) is 1. The van der Waals surface area contributed by atoms with E-state index in [0.29, 0.717) is 18.3 Å². The maximum atomic E-state index is 12.3. The van der Waals surface area contributed by atoms with Gasteiger partial charge in [-0.1, -0.05) is 13.8 Å². The second kappa shape index (κ2) is 6.50. The van der Waals surface area contributed by atoms with Crippen molar-refractivity contribution in [2.24, 2.45) is 0 Å². The number of rotatable bonds is 7. The van der Waals surface area contributed by atoms with Crippen molar-refractivity contribution in [3.63, 3.8) is 0 Å². The summed E-state index contributed by atoms with van der Waals surface area (Å²) in [7, 11) is 0. The zero-order valence-corrected chi connectivity index (χ0v) is 11.8. The Balaban J connectivity index is 2.43. The lowest BCUT2D eigenvalue weighted by Crippen LogP contribution is -2.50. The van der Waals surface area contributed by atoms with Crippen LogP contribution in [0.1, 0.15) is 53.4 Å². The summed E-state index contributed by atoms with van der Waals surface area (Å²) in [5.41, 5.74) is -0.331. The van der Waals surface area contributed by atoms with Crippen LogP contribution in [0.5, 0.6) is 0 Å². The Bertz CT molecular complexity index is 241. The van der Waals surface area contributed by atoms with E-state index in [1.54, 1.807) is 0 Å². The molecule has 0 aliphatic carbocycles. The third kappa shape index (κ3) is 3.78. The molecule has 0 aromatic rings. The van der Waals surface area contributed by atoms with Crippen LogP contribution in [0, 0.1) is 0 Å². The smallest absolute Gasteiger partial charge is 0.152 e. The minimum atomic E-state index is -0.331. The molecule has 3 heteroatoms. The molecule has 100 valence electrons. The van der Waals surface area contributed by atoms with Gasteiger partial charge in [-0.05, 0) is 46.2 Å². The van der Waals surface area contributed by atoms with Gasteiger partial charge in [0.05, 0.1) is 11.6 Å². The zero-order chi connectivity index (χ0) is 12.9. The Morgan fingerprint density at radius 3 is 2.47 bits per heavy atom. The van der Waals surface area contributed by atoms with Gasteiger partial charge in [0.1, 0.15) is 0 Å². The van der Waals surface area contributed by atoms with Gasteiger partial charge in [-0.2, -0.15) is 0 Å². The molecule has 1 unspecified atom stereocenters. The van der Waals surface area contributed by atoms with Crippen molar-refractivity contribution >= 4 is 5.78 Å². The number of carbonyl (C=O) groups excluding carboxylic acids is 1. The molecule has 0 aromatic heterocycles. The first-order valence-corrected chi connectivity index (χ1v) is 6.92. The van der Waals surface area contributed by atoms with E-state index in [1.807, 2.05) is 13.8 Å². The molecule has 1 saturated heterocycles. The van der Waals surface area contributed by atoms with Crippen LogP contribution < -0.4 is 0 Å². The molecule has 0 aromatic carbocycles. The topological polar surface area (TPSA) is 29.5 Å². The number of likely N-dealkylation sites (N-methyl/N-ethyl adjacent to an activating group) is 1. The monoisotopic (exact) mass is 241 g/mol. The highest BCUT2D eigenvalue weighted by Crippen LogP contribution is 2.22. The van der Waals surface area contributed by atoms with Crippen LogP contribution in [-0.2, 0) is 9.53 Å². The van der Waals surface area contributed by atoms with Gasteiger partial charge in [0.25, 0.3) is 0 Å². The number of hydrogen-bond donors (Lipinski definition) is 0. The molecule has 0 bridgehead atoms. The van der Waals surface area contributed by atoms with Gasteiger partial charge in [-0.15, -0.1) is 0 Å². The molecular weight excluding hydrogens is 214 g/mol. The van der Waals surface area contributed by atoms with Crippen molar-refractivity contribution in [3.8, 4) is 0 Å². The van der Waals surface area contributed by atoms with E-state index in [9.17, 15) is 4.79 Å². The molecule has 0 saturated carbocycles. The Morgan fingerprint density at radius 1 is 1.35 bits per heavy atom. The quantitative estimate of drug-likeness (QED) is 0.686. The van der Waals surface area contributed by atoms with Gasteiger partial charge in [-0.3, -0.25) is 9.69 Å². The number of nitrogens with zero attached hydrogens (tertiary/aromatic N) is 1. The average Bonchev–Trinajstić information content (AvgIpc) is 2.79. The largest absolute Gasteiger partial charge is 0.378 e. The summed E-state index contributed by atoms with van der Waals surface area (Å²) in [5, 5.41) is 0. The molecule has 1 atom stereocenters. The number of hydrogen-bond acceptors (Lipinski definition) is 3. The summed E-state index contributed by atoms with van der Waals surface area (Å²) in [6, 6.07) is 0. The van der Waals surface area contributed by atoms with Crippen LogP contribution in [0.15, 0.2) is 0 Å². The van der Waals surface area contributed by atoms with Crippen LogP contribution in [-0.4, -0.2) is 42.0 Å². The predicted octanol–water partition coefficient (Wildman–Crippen LogP) is 2.64. The first-order chi connectivity index (χ1) is 8.02. The van der Waals surface area contributed by atoms with Crippen molar-refractivity contribution in [2.45, 2.75) is 65.0 Å². The lowest BCUT2D eigenvalue weighted by molar-refractivity contribution is -0.129. The van der Waals surface area contributed by atoms with E-state index >= 15 is 0 Å². The molecule has 17 heavy (non-hydrogen) atoms. The van der Waals surface area contributed by atoms with E-state index in [1.165, 1.54) is 0 Å². The number of ether oxygens (including phenoxy) is 1. The molecule has 1 fully saturated rings. The van der Waals surface area contributed by atoms with Gasteiger partial charge in [-0.25, -0.2) is 0 Å². The molecule has 0 spiro atoms. The fraction of sp³-hybridized carbons (Fsp3) is 0.929. The number of ketones is 1. The summed E-state index contributed by atoms with van der Waals surface area (Å²) in [5.74, 6) is 0.344. The Morgan fingerprint density at radius 2 is 2.00 bits per heavy atom. The van der Waals surface area contributed by atoms with Crippen molar-refractivity contribution < 1.29 is 9.53 Å². The average molecular weight is 241 g/mol. The molecule has 0 radical (unpaired) electrons. The van der Waals surface area contributed by atoms with Gasteiger partial charge in [0.15, 0.2) is 5.78 Å². The third-order valence-electron chi connectivity index (χ3n) is 3.95. The van der Waals surface area contributed by atoms with Crippen LogP contribution in [0.4, 0.5) is 0 Å². The lowest BCUT2D eigenvalue weighted by atomic mass is 9.92. The highest BCUT2D eigenvalue weighted by atomic mass is 16.5. The van der Waals surface area contributed by atoms with Crippen LogP contribution in [0.25, 0.3) is 0 Å². The maximum absolute atomic E-state index is 12.3. The number of carbonyl (C=O) groups is 1. The standard InChI is InChI=1S/C14H27NO2/c1-5-15(6-2)14(3,4)13(16)10-9-12-8-7-11-17-12/h12H,5-11H2,1-4H3.